The van der Waals surface area contributed by atoms with E-state index in [1.165, 1.54) is 0 Å². The van der Waals surface area contributed by atoms with E-state index in [1.54, 1.807) is 19.2 Å². The summed E-state index contributed by atoms with van der Waals surface area (Å²) >= 11 is 0. The van der Waals surface area contributed by atoms with Crippen LogP contribution in [0.1, 0.15) is 30.1 Å². The third kappa shape index (κ3) is 3.95. The van der Waals surface area contributed by atoms with Crippen LogP contribution in [0.5, 0.6) is 11.5 Å². The quantitative estimate of drug-likeness (QED) is 0.685. The maximum atomic E-state index is 9.31. The number of nitrogens with zero attached hydrogens (tertiary/aromatic N) is 2. The van der Waals surface area contributed by atoms with E-state index < -0.39 is 0 Å². The molecule has 0 aliphatic heterocycles. The standard InChI is InChI=1S/C20H19N3O3/c1-14(15-8-4-3-5-9-15)22-20-16(12-21)23-19(26-20)13-25-18-11-7-6-10-17(18)24-2/h3-11,14,22H,13H2,1-2H3. The maximum absolute atomic E-state index is 9.31. The highest BCUT2D eigenvalue weighted by Crippen LogP contribution is 2.28. The van der Waals surface area contributed by atoms with Crippen LogP contribution >= 0.6 is 0 Å². The summed E-state index contributed by atoms with van der Waals surface area (Å²) < 4.78 is 16.6. The number of hydrogen-bond acceptors (Lipinski definition) is 6. The zero-order valence-corrected chi connectivity index (χ0v) is 14.6. The lowest BCUT2D eigenvalue weighted by Gasteiger charge is -2.13. The van der Waals surface area contributed by atoms with Crippen LogP contribution in [-0.2, 0) is 6.61 Å². The van der Waals surface area contributed by atoms with Gasteiger partial charge in [-0.2, -0.15) is 10.2 Å². The zero-order valence-electron chi connectivity index (χ0n) is 14.6. The minimum absolute atomic E-state index is 0.0285. The van der Waals surface area contributed by atoms with E-state index in [0.717, 1.165) is 5.56 Å². The molecule has 0 aliphatic carbocycles. The van der Waals surface area contributed by atoms with Crippen LogP contribution in [0.3, 0.4) is 0 Å². The van der Waals surface area contributed by atoms with Crippen LogP contribution in [0.25, 0.3) is 0 Å². The molecule has 0 amide bonds. The second kappa shape index (κ2) is 8.08. The Morgan fingerprint density at radius 2 is 1.81 bits per heavy atom. The molecule has 6 nitrogen and oxygen atoms in total. The number of nitrogens with one attached hydrogen (secondary N) is 1. The zero-order chi connectivity index (χ0) is 18.4. The van der Waals surface area contributed by atoms with E-state index in [9.17, 15) is 5.26 Å². The van der Waals surface area contributed by atoms with Gasteiger partial charge in [-0.25, -0.2) is 0 Å². The molecule has 1 unspecified atom stereocenters. The summed E-state index contributed by atoms with van der Waals surface area (Å²) in [6.45, 7) is 2.08. The highest BCUT2D eigenvalue weighted by Gasteiger charge is 2.16. The Labute approximate surface area is 152 Å². The summed E-state index contributed by atoms with van der Waals surface area (Å²) in [6.07, 6.45) is 0. The molecule has 1 aromatic heterocycles. The topological polar surface area (TPSA) is 80.3 Å². The third-order valence-electron chi connectivity index (χ3n) is 3.84. The van der Waals surface area contributed by atoms with Crippen LogP contribution in [-0.4, -0.2) is 12.1 Å². The van der Waals surface area contributed by atoms with Crippen molar-refractivity contribution in [2.24, 2.45) is 0 Å². The monoisotopic (exact) mass is 349 g/mol. The first kappa shape index (κ1) is 17.4. The van der Waals surface area contributed by atoms with Crippen LogP contribution in [0.15, 0.2) is 59.0 Å². The van der Waals surface area contributed by atoms with Crippen LogP contribution in [0, 0.1) is 11.3 Å². The van der Waals surface area contributed by atoms with Gasteiger partial charge in [-0.05, 0) is 24.6 Å². The van der Waals surface area contributed by atoms with Crippen molar-refractivity contribution in [1.29, 1.82) is 5.26 Å². The van der Waals surface area contributed by atoms with Gasteiger partial charge in [-0.1, -0.05) is 42.5 Å². The van der Waals surface area contributed by atoms with Gasteiger partial charge >= 0.3 is 0 Å². The van der Waals surface area contributed by atoms with Gasteiger partial charge in [0.25, 0.3) is 0 Å². The van der Waals surface area contributed by atoms with Crippen molar-refractivity contribution < 1.29 is 13.9 Å². The lowest BCUT2D eigenvalue weighted by Crippen LogP contribution is -2.06. The number of ether oxygens (including phenoxy) is 2. The number of nitriles is 1. The first-order valence-corrected chi connectivity index (χ1v) is 8.18. The number of benzene rings is 2. The Bertz CT molecular complexity index is 900. The van der Waals surface area contributed by atoms with Crippen LogP contribution in [0.4, 0.5) is 5.88 Å². The number of aromatic nitrogens is 1. The SMILES string of the molecule is COc1ccccc1OCc1nc(C#N)c(NC(C)c2ccccc2)o1. The second-order valence-electron chi connectivity index (χ2n) is 5.61. The molecule has 3 aromatic rings. The highest BCUT2D eigenvalue weighted by molar-refractivity contribution is 5.47. The molecule has 0 radical (unpaired) electrons. The van der Waals surface area contributed by atoms with Gasteiger partial charge in [0, 0.05) is 0 Å². The Balaban J connectivity index is 1.71. The molecule has 2 aromatic carbocycles. The van der Waals surface area contributed by atoms with E-state index in [4.69, 9.17) is 13.9 Å². The molecule has 0 fully saturated rings. The van der Waals surface area contributed by atoms with E-state index in [0.29, 0.717) is 23.3 Å². The van der Waals surface area contributed by atoms with Crippen molar-refractivity contribution in [2.45, 2.75) is 19.6 Å². The number of hydrogen-bond donors (Lipinski definition) is 1. The van der Waals surface area contributed by atoms with Crippen molar-refractivity contribution >= 4 is 5.88 Å². The average molecular weight is 349 g/mol. The summed E-state index contributed by atoms with van der Waals surface area (Å²) in [6, 6.07) is 19.2. The molecule has 0 aliphatic rings. The van der Waals surface area contributed by atoms with Gasteiger partial charge in [0.05, 0.1) is 13.2 Å². The van der Waals surface area contributed by atoms with Gasteiger partial charge in [0.1, 0.15) is 6.07 Å². The van der Waals surface area contributed by atoms with E-state index in [2.05, 4.69) is 10.3 Å². The highest BCUT2D eigenvalue weighted by atomic mass is 16.5. The Kier molecular flexibility index (Phi) is 5.40. The molecule has 1 heterocycles. The van der Waals surface area contributed by atoms with E-state index >= 15 is 0 Å². The molecule has 6 heteroatoms. The van der Waals surface area contributed by atoms with Gasteiger partial charge in [0.15, 0.2) is 18.1 Å². The molecule has 1 N–H and O–H groups in total. The first-order chi connectivity index (χ1) is 12.7. The van der Waals surface area contributed by atoms with Crippen molar-refractivity contribution in [1.82, 2.24) is 4.98 Å². The fourth-order valence-corrected chi connectivity index (χ4v) is 2.50. The Morgan fingerprint density at radius 3 is 2.50 bits per heavy atom. The molecule has 132 valence electrons. The number of anilines is 1. The third-order valence-corrected chi connectivity index (χ3v) is 3.84. The number of methoxy groups -OCH3 is 1. The summed E-state index contributed by atoms with van der Waals surface area (Å²) in [4.78, 5) is 4.19. The molecular formula is C20H19N3O3. The summed E-state index contributed by atoms with van der Waals surface area (Å²) in [5, 5.41) is 12.5. The van der Waals surface area contributed by atoms with Gasteiger partial charge in [-0.3, -0.25) is 0 Å². The Morgan fingerprint density at radius 1 is 1.12 bits per heavy atom. The van der Waals surface area contributed by atoms with E-state index in [1.807, 2.05) is 55.5 Å². The lowest BCUT2D eigenvalue weighted by molar-refractivity contribution is 0.251. The predicted octanol–water partition coefficient (Wildman–Crippen LogP) is 4.31. The number of para-hydroxylation sites is 2. The van der Waals surface area contributed by atoms with Crippen molar-refractivity contribution in [2.75, 3.05) is 12.4 Å². The van der Waals surface area contributed by atoms with E-state index in [-0.39, 0.29) is 18.3 Å². The smallest absolute Gasteiger partial charge is 0.236 e. The molecule has 0 saturated carbocycles. The molecule has 0 bridgehead atoms. The van der Waals surface area contributed by atoms with Crippen molar-refractivity contribution in [3.63, 3.8) is 0 Å². The molecule has 0 spiro atoms. The average Bonchev–Trinajstić information content (AvgIpc) is 3.09. The first-order valence-electron chi connectivity index (χ1n) is 8.18. The maximum Gasteiger partial charge on any atom is 0.236 e. The Hall–Kier alpha value is -3.46. The normalized spacial score (nSPS) is 11.4. The van der Waals surface area contributed by atoms with Crippen LogP contribution in [0.2, 0.25) is 0 Å². The summed E-state index contributed by atoms with van der Waals surface area (Å²) in [5.41, 5.74) is 1.28. The van der Waals surface area contributed by atoms with Crippen LogP contribution < -0.4 is 14.8 Å². The van der Waals surface area contributed by atoms with Gasteiger partial charge in [0.2, 0.25) is 17.5 Å². The largest absolute Gasteiger partial charge is 0.493 e. The molecule has 26 heavy (non-hydrogen) atoms. The molecule has 3 rings (SSSR count). The van der Waals surface area contributed by atoms with Gasteiger partial charge < -0.3 is 19.2 Å². The molecular weight excluding hydrogens is 330 g/mol. The lowest BCUT2D eigenvalue weighted by atomic mass is 10.1. The fraction of sp³-hybridized carbons (Fsp3) is 0.200. The minimum Gasteiger partial charge on any atom is -0.493 e. The fourth-order valence-electron chi connectivity index (χ4n) is 2.50. The number of rotatable bonds is 7. The number of oxazole rings is 1. The summed E-state index contributed by atoms with van der Waals surface area (Å²) in [7, 11) is 1.58. The minimum atomic E-state index is -0.0285. The second-order valence-corrected chi connectivity index (χ2v) is 5.61. The van der Waals surface area contributed by atoms with Crippen molar-refractivity contribution in [3.05, 3.63) is 71.7 Å². The molecule has 1 atom stereocenters. The van der Waals surface area contributed by atoms with Gasteiger partial charge in [-0.15, -0.1) is 0 Å². The predicted molar refractivity (Wildman–Crippen MR) is 97.0 cm³/mol. The van der Waals surface area contributed by atoms with Crippen molar-refractivity contribution in [3.8, 4) is 17.6 Å². The molecule has 0 saturated heterocycles. The summed E-state index contributed by atoms with van der Waals surface area (Å²) in [5.74, 6) is 1.85.